The van der Waals surface area contributed by atoms with Gasteiger partial charge in [0.25, 0.3) is 0 Å². The van der Waals surface area contributed by atoms with Crippen LogP contribution in [-0.2, 0) is 11.3 Å². The van der Waals surface area contributed by atoms with Crippen molar-refractivity contribution in [2.45, 2.75) is 31.5 Å². The van der Waals surface area contributed by atoms with Crippen LogP contribution in [0.15, 0.2) is 24.3 Å². The number of benzene rings is 1. The molecule has 4 nitrogen and oxygen atoms in total. The molecule has 0 amide bonds. The molecular weight excluding hydrogens is 276 g/mol. The molecule has 0 bridgehead atoms. The van der Waals surface area contributed by atoms with E-state index in [0.717, 1.165) is 31.7 Å². The van der Waals surface area contributed by atoms with Crippen molar-refractivity contribution in [1.82, 2.24) is 4.90 Å². The third-order valence-corrected chi connectivity index (χ3v) is 3.96. The SMILES string of the molecule is COc1ccccc1CN1CCC(OC)CC1CN.Cl. The Kier molecular flexibility index (Phi) is 7.30. The fourth-order valence-electron chi connectivity index (χ4n) is 2.78. The summed E-state index contributed by atoms with van der Waals surface area (Å²) in [6, 6.07) is 8.57. The van der Waals surface area contributed by atoms with E-state index in [1.807, 2.05) is 12.1 Å². The van der Waals surface area contributed by atoms with Crippen LogP contribution in [0.25, 0.3) is 0 Å². The normalized spacial score (nSPS) is 23.1. The van der Waals surface area contributed by atoms with Crippen LogP contribution in [0.1, 0.15) is 18.4 Å². The van der Waals surface area contributed by atoms with E-state index in [9.17, 15) is 0 Å². The molecule has 1 saturated heterocycles. The predicted octanol–water partition coefficient (Wildman–Crippen LogP) is 2.06. The van der Waals surface area contributed by atoms with Gasteiger partial charge in [-0.15, -0.1) is 12.4 Å². The van der Waals surface area contributed by atoms with Gasteiger partial charge in [0.15, 0.2) is 0 Å². The smallest absolute Gasteiger partial charge is 0.123 e. The van der Waals surface area contributed by atoms with Crippen molar-refractivity contribution in [3.63, 3.8) is 0 Å². The van der Waals surface area contributed by atoms with Gasteiger partial charge in [-0.1, -0.05) is 18.2 Å². The monoisotopic (exact) mass is 300 g/mol. The van der Waals surface area contributed by atoms with E-state index in [1.54, 1.807) is 14.2 Å². The van der Waals surface area contributed by atoms with Crippen LogP contribution in [0.3, 0.4) is 0 Å². The summed E-state index contributed by atoms with van der Waals surface area (Å²) in [7, 11) is 3.50. The van der Waals surface area contributed by atoms with E-state index in [2.05, 4.69) is 17.0 Å². The second-order valence-electron chi connectivity index (χ2n) is 5.05. The van der Waals surface area contributed by atoms with Gasteiger partial charge in [0.2, 0.25) is 0 Å². The van der Waals surface area contributed by atoms with E-state index in [-0.39, 0.29) is 12.4 Å². The Morgan fingerprint density at radius 2 is 2.05 bits per heavy atom. The maximum atomic E-state index is 5.91. The summed E-state index contributed by atoms with van der Waals surface area (Å²) >= 11 is 0. The van der Waals surface area contributed by atoms with Gasteiger partial charge in [0, 0.05) is 38.3 Å². The van der Waals surface area contributed by atoms with Crippen molar-refractivity contribution in [3.8, 4) is 5.75 Å². The van der Waals surface area contributed by atoms with Gasteiger partial charge in [-0.05, 0) is 18.9 Å². The van der Waals surface area contributed by atoms with E-state index in [0.29, 0.717) is 18.7 Å². The molecule has 2 rings (SSSR count). The Hall–Kier alpha value is -0.810. The third kappa shape index (κ3) is 4.09. The molecular formula is C15H25ClN2O2. The lowest BCUT2D eigenvalue weighted by Crippen LogP contribution is -2.48. The van der Waals surface area contributed by atoms with Gasteiger partial charge in [0.05, 0.1) is 13.2 Å². The fraction of sp³-hybridized carbons (Fsp3) is 0.600. The van der Waals surface area contributed by atoms with Gasteiger partial charge in [-0.2, -0.15) is 0 Å². The van der Waals surface area contributed by atoms with E-state index < -0.39 is 0 Å². The number of nitrogens with two attached hydrogens (primary N) is 1. The van der Waals surface area contributed by atoms with Gasteiger partial charge in [-0.3, -0.25) is 4.90 Å². The lowest BCUT2D eigenvalue weighted by atomic mass is 9.98. The molecule has 2 atom stereocenters. The average Bonchev–Trinajstić information content (AvgIpc) is 2.48. The Morgan fingerprint density at radius 3 is 2.70 bits per heavy atom. The number of nitrogens with zero attached hydrogens (tertiary/aromatic N) is 1. The second-order valence-corrected chi connectivity index (χ2v) is 5.05. The number of piperidine rings is 1. The van der Waals surface area contributed by atoms with Crippen LogP contribution >= 0.6 is 12.4 Å². The van der Waals surface area contributed by atoms with Crippen molar-refractivity contribution in [2.75, 3.05) is 27.3 Å². The zero-order chi connectivity index (χ0) is 13.7. The standard InChI is InChI=1S/C15H24N2O2.ClH/c1-18-14-7-8-17(13(9-14)10-16)11-12-5-3-4-6-15(12)19-2;/h3-6,13-14H,7-11,16H2,1-2H3;1H. The molecule has 1 aromatic rings. The number of hydrogen-bond donors (Lipinski definition) is 1. The average molecular weight is 301 g/mol. The zero-order valence-corrected chi connectivity index (χ0v) is 13.1. The van der Waals surface area contributed by atoms with Gasteiger partial charge in [-0.25, -0.2) is 0 Å². The molecule has 0 spiro atoms. The van der Waals surface area contributed by atoms with Crippen molar-refractivity contribution in [1.29, 1.82) is 0 Å². The number of methoxy groups -OCH3 is 2. The molecule has 1 heterocycles. The highest BCUT2D eigenvalue weighted by atomic mass is 35.5. The van der Waals surface area contributed by atoms with Crippen LogP contribution in [0.5, 0.6) is 5.75 Å². The quantitative estimate of drug-likeness (QED) is 0.904. The first-order chi connectivity index (χ1) is 9.28. The number of ether oxygens (including phenoxy) is 2. The zero-order valence-electron chi connectivity index (χ0n) is 12.2. The maximum Gasteiger partial charge on any atom is 0.123 e. The molecule has 114 valence electrons. The molecule has 5 heteroatoms. The molecule has 2 unspecified atom stereocenters. The Morgan fingerprint density at radius 1 is 1.30 bits per heavy atom. The lowest BCUT2D eigenvalue weighted by molar-refractivity contribution is 0.01000. The Labute approximate surface area is 127 Å². The van der Waals surface area contributed by atoms with Crippen LogP contribution in [-0.4, -0.2) is 44.4 Å². The number of para-hydroxylation sites is 1. The van der Waals surface area contributed by atoms with Crippen LogP contribution in [0.2, 0.25) is 0 Å². The molecule has 0 saturated carbocycles. The Balaban J connectivity index is 0.00000200. The molecule has 1 aromatic carbocycles. The summed E-state index contributed by atoms with van der Waals surface area (Å²) in [5.41, 5.74) is 7.13. The summed E-state index contributed by atoms with van der Waals surface area (Å²) in [4.78, 5) is 2.44. The summed E-state index contributed by atoms with van der Waals surface area (Å²) in [5.74, 6) is 0.951. The second kappa shape index (κ2) is 8.47. The van der Waals surface area contributed by atoms with Crippen molar-refractivity contribution in [3.05, 3.63) is 29.8 Å². The molecule has 2 N–H and O–H groups in total. The summed E-state index contributed by atoms with van der Waals surface area (Å²) in [6.07, 6.45) is 2.44. The highest BCUT2D eigenvalue weighted by Gasteiger charge is 2.27. The predicted molar refractivity (Wildman–Crippen MR) is 83.5 cm³/mol. The van der Waals surface area contributed by atoms with Crippen molar-refractivity contribution in [2.24, 2.45) is 5.73 Å². The summed E-state index contributed by atoms with van der Waals surface area (Å²) < 4.78 is 10.9. The number of likely N-dealkylation sites (tertiary alicyclic amines) is 1. The minimum absolute atomic E-state index is 0. The molecule has 1 fully saturated rings. The molecule has 0 aliphatic carbocycles. The van der Waals surface area contributed by atoms with Crippen molar-refractivity contribution >= 4 is 12.4 Å². The number of hydrogen-bond acceptors (Lipinski definition) is 4. The van der Waals surface area contributed by atoms with Crippen LogP contribution in [0, 0.1) is 0 Å². The van der Waals surface area contributed by atoms with Crippen LogP contribution < -0.4 is 10.5 Å². The molecule has 1 aliphatic heterocycles. The third-order valence-electron chi connectivity index (χ3n) is 3.96. The first-order valence-electron chi connectivity index (χ1n) is 6.87. The van der Waals surface area contributed by atoms with Gasteiger partial charge < -0.3 is 15.2 Å². The van der Waals surface area contributed by atoms with E-state index >= 15 is 0 Å². The van der Waals surface area contributed by atoms with Gasteiger partial charge in [0.1, 0.15) is 5.75 Å². The lowest BCUT2D eigenvalue weighted by Gasteiger charge is -2.38. The first kappa shape index (κ1) is 17.2. The maximum absolute atomic E-state index is 5.91. The molecule has 20 heavy (non-hydrogen) atoms. The topological polar surface area (TPSA) is 47.7 Å². The first-order valence-corrected chi connectivity index (χ1v) is 6.87. The molecule has 0 radical (unpaired) electrons. The number of rotatable bonds is 5. The molecule has 0 aromatic heterocycles. The minimum atomic E-state index is 0. The molecule has 1 aliphatic rings. The summed E-state index contributed by atoms with van der Waals surface area (Å²) in [5, 5.41) is 0. The minimum Gasteiger partial charge on any atom is -0.496 e. The fourth-order valence-corrected chi connectivity index (χ4v) is 2.78. The highest BCUT2D eigenvalue weighted by molar-refractivity contribution is 5.85. The number of halogens is 1. The van der Waals surface area contributed by atoms with Crippen molar-refractivity contribution < 1.29 is 9.47 Å². The Bertz CT molecular complexity index is 403. The van der Waals surface area contributed by atoms with Gasteiger partial charge >= 0.3 is 0 Å². The highest BCUT2D eigenvalue weighted by Crippen LogP contribution is 2.25. The largest absolute Gasteiger partial charge is 0.496 e. The van der Waals surface area contributed by atoms with E-state index in [1.165, 1.54) is 5.56 Å². The van der Waals surface area contributed by atoms with E-state index in [4.69, 9.17) is 15.2 Å². The summed E-state index contributed by atoms with van der Waals surface area (Å²) in [6.45, 7) is 2.59. The van der Waals surface area contributed by atoms with Crippen LogP contribution in [0.4, 0.5) is 0 Å².